The molecule has 0 aliphatic carbocycles. The topological polar surface area (TPSA) is 42.2 Å². The molecule has 106 valence electrons. The summed E-state index contributed by atoms with van der Waals surface area (Å²) in [5.41, 5.74) is 2.45. The number of amides is 1. The molecule has 0 bridgehead atoms. The van der Waals surface area contributed by atoms with Gasteiger partial charge in [-0.1, -0.05) is 41.4 Å². The molecule has 1 aromatic heterocycles. The maximum Gasteiger partial charge on any atom is 0.259 e. The summed E-state index contributed by atoms with van der Waals surface area (Å²) >= 11 is 12.2. The van der Waals surface area contributed by atoms with Gasteiger partial charge in [0, 0.05) is 10.4 Å². The number of anilines is 1. The lowest BCUT2D eigenvalue weighted by Crippen LogP contribution is -2.11. The zero-order valence-corrected chi connectivity index (χ0v) is 12.6. The molecule has 0 unspecified atom stereocenters. The number of nitrogens with one attached hydrogen (secondary N) is 1. The number of fused-ring (bicyclic) bond motifs is 1. The van der Waals surface area contributed by atoms with Crippen LogP contribution in [0.25, 0.3) is 11.0 Å². The van der Waals surface area contributed by atoms with Crippen LogP contribution in [-0.2, 0) is 0 Å². The van der Waals surface area contributed by atoms with Crippen molar-refractivity contribution >= 4 is 45.8 Å². The van der Waals surface area contributed by atoms with Gasteiger partial charge in [-0.2, -0.15) is 0 Å². The van der Waals surface area contributed by atoms with Crippen molar-refractivity contribution in [2.45, 2.75) is 6.92 Å². The first-order valence-electron chi connectivity index (χ1n) is 6.29. The maximum atomic E-state index is 12.4. The minimum absolute atomic E-state index is 0.290. The Balaban J connectivity index is 1.95. The Morgan fingerprint density at radius 3 is 2.71 bits per heavy atom. The smallest absolute Gasteiger partial charge is 0.259 e. The van der Waals surface area contributed by atoms with Crippen LogP contribution in [0.2, 0.25) is 10.0 Å². The Labute approximate surface area is 131 Å². The first-order valence-corrected chi connectivity index (χ1v) is 7.05. The zero-order valence-electron chi connectivity index (χ0n) is 11.1. The Hall–Kier alpha value is -1.97. The normalized spacial score (nSPS) is 10.8. The van der Waals surface area contributed by atoms with Gasteiger partial charge in [-0.05, 0) is 30.7 Å². The van der Waals surface area contributed by atoms with Crippen LogP contribution in [0, 0.1) is 6.92 Å². The van der Waals surface area contributed by atoms with E-state index in [1.54, 1.807) is 12.1 Å². The standard InChI is InChI=1S/C16H11Cl2NO2/c1-9-6-13(18)14(7-12(9)17)19-16(20)11-8-21-15-5-3-2-4-10(11)15/h2-8H,1H3,(H,19,20). The molecule has 1 heterocycles. The third-order valence-corrected chi connectivity index (χ3v) is 3.94. The molecule has 3 rings (SSSR count). The molecule has 0 aliphatic rings. The highest BCUT2D eigenvalue weighted by atomic mass is 35.5. The number of hydrogen-bond acceptors (Lipinski definition) is 2. The van der Waals surface area contributed by atoms with Crippen LogP contribution >= 0.6 is 23.2 Å². The fourth-order valence-corrected chi connectivity index (χ4v) is 2.51. The SMILES string of the molecule is Cc1cc(Cl)c(NC(=O)c2coc3ccccc23)cc1Cl. The molecule has 0 aliphatic heterocycles. The van der Waals surface area contributed by atoms with Crippen LogP contribution in [0.5, 0.6) is 0 Å². The van der Waals surface area contributed by atoms with Gasteiger partial charge >= 0.3 is 0 Å². The van der Waals surface area contributed by atoms with E-state index in [0.29, 0.717) is 26.9 Å². The average Bonchev–Trinajstić information content (AvgIpc) is 2.88. The molecule has 5 heteroatoms. The molecule has 1 N–H and O–H groups in total. The first kappa shape index (κ1) is 14.0. The van der Waals surface area contributed by atoms with E-state index in [1.165, 1.54) is 6.26 Å². The number of aryl methyl sites for hydroxylation is 1. The highest BCUT2D eigenvalue weighted by Crippen LogP contribution is 2.30. The number of benzene rings is 2. The van der Waals surface area contributed by atoms with Gasteiger partial charge in [0.05, 0.1) is 16.3 Å². The second-order valence-electron chi connectivity index (χ2n) is 4.68. The van der Waals surface area contributed by atoms with Crippen molar-refractivity contribution in [2.75, 3.05) is 5.32 Å². The second kappa shape index (κ2) is 5.43. The monoisotopic (exact) mass is 319 g/mol. The van der Waals surface area contributed by atoms with Crippen LogP contribution in [-0.4, -0.2) is 5.91 Å². The summed E-state index contributed by atoms with van der Waals surface area (Å²) in [6, 6.07) is 10.7. The summed E-state index contributed by atoms with van der Waals surface area (Å²) in [7, 11) is 0. The van der Waals surface area contributed by atoms with E-state index >= 15 is 0 Å². The number of halogens is 2. The van der Waals surface area contributed by atoms with E-state index in [2.05, 4.69) is 5.32 Å². The molecular weight excluding hydrogens is 309 g/mol. The van der Waals surface area contributed by atoms with Gasteiger partial charge in [0.1, 0.15) is 11.8 Å². The fourth-order valence-electron chi connectivity index (χ4n) is 2.09. The van der Waals surface area contributed by atoms with Crippen molar-refractivity contribution in [1.82, 2.24) is 0 Å². The molecule has 3 nitrogen and oxygen atoms in total. The van der Waals surface area contributed by atoms with Gasteiger partial charge in [-0.25, -0.2) is 0 Å². The predicted octanol–water partition coefficient (Wildman–Crippen LogP) is 5.30. The molecule has 21 heavy (non-hydrogen) atoms. The van der Waals surface area contributed by atoms with Crippen molar-refractivity contribution in [2.24, 2.45) is 0 Å². The minimum Gasteiger partial charge on any atom is -0.463 e. The fraction of sp³-hybridized carbons (Fsp3) is 0.0625. The molecule has 0 fully saturated rings. The molecule has 0 radical (unpaired) electrons. The Bertz CT molecular complexity index is 839. The Morgan fingerprint density at radius 1 is 1.14 bits per heavy atom. The van der Waals surface area contributed by atoms with Crippen LogP contribution in [0.15, 0.2) is 47.1 Å². The summed E-state index contributed by atoms with van der Waals surface area (Å²) in [6.07, 6.45) is 1.43. The summed E-state index contributed by atoms with van der Waals surface area (Å²) in [5.74, 6) is -0.290. The van der Waals surface area contributed by atoms with Gasteiger partial charge in [-0.3, -0.25) is 4.79 Å². The van der Waals surface area contributed by atoms with E-state index in [4.69, 9.17) is 27.6 Å². The summed E-state index contributed by atoms with van der Waals surface area (Å²) < 4.78 is 5.36. The molecule has 0 saturated heterocycles. The highest BCUT2D eigenvalue weighted by Gasteiger charge is 2.15. The number of hydrogen-bond donors (Lipinski definition) is 1. The molecule has 1 amide bonds. The lowest BCUT2D eigenvalue weighted by atomic mass is 10.1. The third kappa shape index (κ3) is 2.62. The Kier molecular flexibility index (Phi) is 3.62. The van der Waals surface area contributed by atoms with E-state index in [9.17, 15) is 4.79 Å². The maximum absolute atomic E-state index is 12.4. The van der Waals surface area contributed by atoms with Crippen LogP contribution < -0.4 is 5.32 Å². The van der Waals surface area contributed by atoms with E-state index < -0.39 is 0 Å². The van der Waals surface area contributed by atoms with Gasteiger partial charge in [0.25, 0.3) is 5.91 Å². The molecular formula is C16H11Cl2NO2. The molecule has 0 saturated carbocycles. The van der Waals surface area contributed by atoms with Crippen LogP contribution in [0.4, 0.5) is 5.69 Å². The van der Waals surface area contributed by atoms with Crippen LogP contribution in [0.1, 0.15) is 15.9 Å². The molecule has 2 aromatic carbocycles. The zero-order chi connectivity index (χ0) is 15.0. The highest BCUT2D eigenvalue weighted by molar-refractivity contribution is 6.36. The van der Waals surface area contributed by atoms with Crippen LogP contribution in [0.3, 0.4) is 0 Å². The summed E-state index contributed by atoms with van der Waals surface area (Å²) in [5, 5.41) is 4.50. The summed E-state index contributed by atoms with van der Waals surface area (Å²) in [4.78, 5) is 12.4. The number of rotatable bonds is 2. The van der Waals surface area contributed by atoms with Gasteiger partial charge in [-0.15, -0.1) is 0 Å². The van der Waals surface area contributed by atoms with Gasteiger partial charge < -0.3 is 9.73 Å². The first-order chi connectivity index (χ1) is 10.1. The van der Waals surface area contributed by atoms with Crippen molar-refractivity contribution < 1.29 is 9.21 Å². The number of furan rings is 1. The van der Waals surface area contributed by atoms with E-state index in [1.807, 2.05) is 31.2 Å². The third-order valence-electron chi connectivity index (χ3n) is 3.22. The molecule has 0 spiro atoms. The van der Waals surface area contributed by atoms with Crippen molar-refractivity contribution in [3.05, 3.63) is 63.8 Å². The van der Waals surface area contributed by atoms with Crippen molar-refractivity contribution in [1.29, 1.82) is 0 Å². The predicted molar refractivity (Wildman–Crippen MR) is 85.4 cm³/mol. The average molecular weight is 320 g/mol. The second-order valence-corrected chi connectivity index (χ2v) is 5.50. The van der Waals surface area contributed by atoms with Crippen molar-refractivity contribution in [3.63, 3.8) is 0 Å². The van der Waals surface area contributed by atoms with Gasteiger partial charge in [0.2, 0.25) is 0 Å². The number of carbonyl (C=O) groups excluding carboxylic acids is 1. The van der Waals surface area contributed by atoms with E-state index in [0.717, 1.165) is 10.9 Å². The number of carbonyl (C=O) groups is 1. The minimum atomic E-state index is -0.290. The largest absolute Gasteiger partial charge is 0.463 e. The number of para-hydroxylation sites is 1. The molecule has 3 aromatic rings. The quantitative estimate of drug-likeness (QED) is 0.696. The summed E-state index contributed by atoms with van der Waals surface area (Å²) in [6.45, 7) is 1.85. The molecule has 0 atom stereocenters. The van der Waals surface area contributed by atoms with E-state index in [-0.39, 0.29) is 5.91 Å². The lowest BCUT2D eigenvalue weighted by molar-refractivity contribution is 0.102. The van der Waals surface area contributed by atoms with Crippen molar-refractivity contribution in [3.8, 4) is 0 Å². The van der Waals surface area contributed by atoms with Gasteiger partial charge in [0.15, 0.2) is 0 Å². The Morgan fingerprint density at radius 2 is 1.90 bits per heavy atom. The lowest BCUT2D eigenvalue weighted by Gasteiger charge is -2.08.